The van der Waals surface area contributed by atoms with E-state index in [1.807, 2.05) is 20.8 Å². The highest BCUT2D eigenvalue weighted by atomic mass is 16.4. The fraction of sp³-hybridized carbons (Fsp3) is 0.786. The summed E-state index contributed by atoms with van der Waals surface area (Å²) in [6, 6.07) is 0. The van der Waals surface area contributed by atoms with Gasteiger partial charge in [-0.1, -0.05) is 35.6 Å². The highest BCUT2D eigenvalue weighted by Gasteiger charge is 2.24. The normalized spacial score (nSPS) is 9.94. The molecule has 0 aliphatic carbocycles. The Hall–Kier alpha value is -1.19. The van der Waals surface area contributed by atoms with Crippen molar-refractivity contribution in [3.8, 4) is 0 Å². The van der Waals surface area contributed by atoms with Crippen LogP contribution in [0.2, 0.25) is 0 Å². The van der Waals surface area contributed by atoms with Crippen LogP contribution in [0.4, 0.5) is 0 Å². The quantitative estimate of drug-likeness (QED) is 0.678. The van der Waals surface area contributed by atoms with Crippen molar-refractivity contribution >= 4 is 17.5 Å². The number of ketones is 2. The first kappa shape index (κ1) is 22.0. The van der Waals surface area contributed by atoms with Crippen LogP contribution in [-0.4, -0.2) is 22.6 Å². The fourth-order valence-electron chi connectivity index (χ4n) is 1.24. The van der Waals surface area contributed by atoms with Crippen molar-refractivity contribution in [1.29, 1.82) is 0 Å². The van der Waals surface area contributed by atoms with Crippen LogP contribution in [0.3, 0.4) is 0 Å². The Morgan fingerprint density at radius 2 is 1.56 bits per heavy atom. The molecule has 0 amide bonds. The molecule has 0 aromatic heterocycles. The molecule has 4 heteroatoms. The topological polar surface area (TPSA) is 71.4 Å². The van der Waals surface area contributed by atoms with Gasteiger partial charge >= 0.3 is 5.97 Å². The van der Waals surface area contributed by atoms with Crippen LogP contribution < -0.4 is 0 Å². The van der Waals surface area contributed by atoms with Crippen molar-refractivity contribution in [2.24, 2.45) is 5.41 Å². The molecule has 0 unspecified atom stereocenters. The molecule has 0 aliphatic heterocycles. The Balaban J connectivity index is -0.00000112. The van der Waals surface area contributed by atoms with Gasteiger partial charge in [-0.05, 0) is 12.8 Å². The zero-order valence-electron chi connectivity index (χ0n) is 10.2. The van der Waals surface area contributed by atoms with E-state index < -0.39 is 12.4 Å². The van der Waals surface area contributed by atoms with Crippen LogP contribution in [-0.2, 0) is 14.4 Å². The lowest BCUT2D eigenvalue weighted by atomic mass is 9.83. The highest BCUT2D eigenvalue weighted by molar-refractivity contribution is 5.94. The standard InChI is InChI=1S/C12H20O4.2CH4/c1-4-12(2,3)10(14)7-5-6-9(13)8-11(15)16;;/h4-8H2,1-3H3,(H,15,16);2*1H4. The third-order valence-electron chi connectivity index (χ3n) is 2.85. The van der Waals surface area contributed by atoms with Crippen LogP contribution in [0.25, 0.3) is 0 Å². The summed E-state index contributed by atoms with van der Waals surface area (Å²) in [7, 11) is 0. The second-order valence-electron chi connectivity index (χ2n) is 4.62. The molecule has 0 radical (unpaired) electrons. The number of carboxylic acids is 1. The van der Waals surface area contributed by atoms with Gasteiger partial charge < -0.3 is 5.11 Å². The summed E-state index contributed by atoms with van der Waals surface area (Å²) in [6.45, 7) is 5.72. The molecule has 1 N–H and O–H groups in total. The first-order chi connectivity index (χ1) is 7.29. The third-order valence-corrected chi connectivity index (χ3v) is 2.85. The van der Waals surface area contributed by atoms with E-state index in [-0.39, 0.29) is 38.3 Å². The number of hydrogen-bond donors (Lipinski definition) is 1. The summed E-state index contributed by atoms with van der Waals surface area (Å²) in [5.74, 6) is -1.28. The van der Waals surface area contributed by atoms with Gasteiger partial charge in [0.15, 0.2) is 0 Å². The van der Waals surface area contributed by atoms with Crippen molar-refractivity contribution in [2.45, 2.75) is 67.7 Å². The number of carbonyl (C=O) groups excluding carboxylic acids is 2. The number of carboxylic acid groups (broad SMARTS) is 1. The molecular weight excluding hydrogens is 232 g/mol. The molecule has 0 fully saturated rings. The maximum absolute atomic E-state index is 11.7. The molecule has 0 saturated heterocycles. The second kappa shape index (κ2) is 9.80. The van der Waals surface area contributed by atoms with E-state index in [0.29, 0.717) is 12.8 Å². The molecule has 4 nitrogen and oxygen atoms in total. The lowest BCUT2D eigenvalue weighted by Crippen LogP contribution is -2.23. The van der Waals surface area contributed by atoms with Gasteiger partial charge in [0.25, 0.3) is 0 Å². The summed E-state index contributed by atoms with van der Waals surface area (Å²) in [4.78, 5) is 33.0. The predicted molar refractivity (Wildman–Crippen MR) is 73.7 cm³/mol. The summed E-state index contributed by atoms with van der Waals surface area (Å²) in [6.07, 6.45) is 1.32. The number of rotatable bonds is 8. The van der Waals surface area contributed by atoms with Gasteiger partial charge in [0, 0.05) is 18.3 Å². The van der Waals surface area contributed by atoms with Gasteiger partial charge in [-0.2, -0.15) is 0 Å². The SMILES string of the molecule is C.C.CCC(C)(C)C(=O)CCCC(=O)CC(=O)O. The van der Waals surface area contributed by atoms with Gasteiger partial charge in [-0.25, -0.2) is 0 Å². The Kier molecular flexibility index (Phi) is 12.0. The summed E-state index contributed by atoms with van der Waals surface area (Å²) >= 11 is 0. The van der Waals surface area contributed by atoms with Crippen LogP contribution in [0, 0.1) is 5.41 Å². The smallest absolute Gasteiger partial charge is 0.310 e. The molecule has 108 valence electrons. The zero-order chi connectivity index (χ0) is 12.8. The molecule has 0 rings (SSSR count). The Labute approximate surface area is 111 Å². The second-order valence-corrected chi connectivity index (χ2v) is 4.62. The van der Waals surface area contributed by atoms with Crippen molar-refractivity contribution in [1.82, 2.24) is 0 Å². The molecule has 0 atom stereocenters. The first-order valence-electron chi connectivity index (χ1n) is 5.56. The third kappa shape index (κ3) is 8.90. The molecule has 0 saturated carbocycles. The van der Waals surface area contributed by atoms with Crippen LogP contribution >= 0.6 is 0 Å². The number of carbonyl (C=O) groups is 3. The number of aliphatic carboxylic acids is 1. The van der Waals surface area contributed by atoms with E-state index in [2.05, 4.69) is 0 Å². The van der Waals surface area contributed by atoms with E-state index in [9.17, 15) is 14.4 Å². The van der Waals surface area contributed by atoms with Crippen LogP contribution in [0.5, 0.6) is 0 Å². The molecule has 0 aromatic rings. The van der Waals surface area contributed by atoms with Crippen molar-refractivity contribution in [3.05, 3.63) is 0 Å². The molecule has 18 heavy (non-hydrogen) atoms. The van der Waals surface area contributed by atoms with Gasteiger partial charge in [0.2, 0.25) is 0 Å². The predicted octanol–water partition coefficient (Wildman–Crippen LogP) is 3.48. The summed E-state index contributed by atoms with van der Waals surface area (Å²) in [5.41, 5.74) is -0.337. The minimum Gasteiger partial charge on any atom is -0.481 e. The lowest BCUT2D eigenvalue weighted by Gasteiger charge is -2.20. The van der Waals surface area contributed by atoms with Crippen molar-refractivity contribution < 1.29 is 19.5 Å². The van der Waals surface area contributed by atoms with E-state index in [4.69, 9.17) is 5.11 Å². The van der Waals surface area contributed by atoms with Gasteiger partial charge in [-0.3, -0.25) is 14.4 Å². The molecule has 0 bridgehead atoms. The van der Waals surface area contributed by atoms with Crippen LogP contribution in [0.15, 0.2) is 0 Å². The van der Waals surface area contributed by atoms with E-state index in [1.54, 1.807) is 0 Å². The molecule has 0 aromatic carbocycles. The maximum atomic E-state index is 11.7. The molecule has 0 heterocycles. The number of Topliss-reactive ketones (excluding diaryl/α,β-unsaturated/α-hetero) is 2. The maximum Gasteiger partial charge on any atom is 0.310 e. The lowest BCUT2D eigenvalue weighted by molar-refractivity contribution is -0.140. The fourth-order valence-corrected chi connectivity index (χ4v) is 1.24. The monoisotopic (exact) mass is 260 g/mol. The Bertz CT molecular complexity index is 280. The van der Waals surface area contributed by atoms with Crippen LogP contribution in [0.1, 0.15) is 67.7 Å². The average molecular weight is 260 g/mol. The van der Waals surface area contributed by atoms with E-state index in [0.717, 1.165) is 6.42 Å². The Morgan fingerprint density at radius 3 is 1.94 bits per heavy atom. The highest BCUT2D eigenvalue weighted by Crippen LogP contribution is 2.23. The molecular formula is C14H28O4. The molecule has 0 aliphatic rings. The number of hydrogen-bond acceptors (Lipinski definition) is 3. The average Bonchev–Trinajstić information content (AvgIpc) is 2.16. The van der Waals surface area contributed by atoms with Crippen molar-refractivity contribution in [2.75, 3.05) is 0 Å². The summed E-state index contributed by atoms with van der Waals surface area (Å²) < 4.78 is 0. The van der Waals surface area contributed by atoms with E-state index in [1.165, 1.54) is 0 Å². The molecule has 0 spiro atoms. The first-order valence-corrected chi connectivity index (χ1v) is 5.56. The zero-order valence-corrected chi connectivity index (χ0v) is 10.2. The minimum absolute atomic E-state index is 0. The van der Waals surface area contributed by atoms with Gasteiger partial charge in [0.05, 0.1) is 0 Å². The van der Waals surface area contributed by atoms with Crippen molar-refractivity contribution in [3.63, 3.8) is 0 Å². The van der Waals surface area contributed by atoms with E-state index >= 15 is 0 Å². The largest absolute Gasteiger partial charge is 0.481 e. The van der Waals surface area contributed by atoms with Gasteiger partial charge in [0.1, 0.15) is 18.0 Å². The Morgan fingerprint density at radius 1 is 1.06 bits per heavy atom. The van der Waals surface area contributed by atoms with Gasteiger partial charge in [-0.15, -0.1) is 0 Å². The minimum atomic E-state index is -1.11. The summed E-state index contributed by atoms with van der Waals surface area (Å²) in [5, 5.41) is 8.37.